The Kier molecular flexibility index (Phi) is 6.55. The smallest absolute Gasteiger partial charge is 0.277 e. The molecule has 2 rings (SSSR count). The van der Waals surface area contributed by atoms with Crippen LogP contribution in [0.1, 0.15) is 36.5 Å². The van der Waals surface area contributed by atoms with Crippen molar-refractivity contribution in [3.63, 3.8) is 0 Å². The van der Waals surface area contributed by atoms with E-state index in [1.165, 1.54) is 0 Å². The summed E-state index contributed by atoms with van der Waals surface area (Å²) in [5.41, 5.74) is 6.53. The maximum Gasteiger partial charge on any atom is 0.277 e. The lowest BCUT2D eigenvalue weighted by Crippen LogP contribution is -2.26. The lowest BCUT2D eigenvalue weighted by Gasteiger charge is -2.11. The van der Waals surface area contributed by atoms with Crippen molar-refractivity contribution < 1.29 is 9.53 Å². The summed E-state index contributed by atoms with van der Waals surface area (Å²) in [5.74, 6) is 0.496. The van der Waals surface area contributed by atoms with Gasteiger partial charge >= 0.3 is 0 Å². The van der Waals surface area contributed by atoms with Gasteiger partial charge in [0, 0.05) is 0 Å². The Morgan fingerprint density at radius 2 is 1.71 bits per heavy atom. The Hall–Kier alpha value is -2.62. The van der Waals surface area contributed by atoms with Crippen molar-refractivity contribution in [3.05, 3.63) is 65.2 Å². The number of para-hydroxylation sites is 1. The summed E-state index contributed by atoms with van der Waals surface area (Å²) >= 11 is 0. The van der Waals surface area contributed by atoms with Crippen LogP contribution >= 0.6 is 0 Å². The molecule has 0 saturated heterocycles. The summed E-state index contributed by atoms with van der Waals surface area (Å²) in [5, 5.41) is 4.28. The van der Waals surface area contributed by atoms with Crippen LogP contribution in [0, 0.1) is 13.8 Å². The van der Waals surface area contributed by atoms with Crippen LogP contribution in [0.5, 0.6) is 5.75 Å². The standard InChI is InChI=1S/C20H24N2O2/c1-4-9-18(17-12-6-5-7-13-17)21-22-19(23)14-24-20-15(2)10-8-11-16(20)3/h5-8,10-13H,4,9,14H2,1-3H3,(H,22,23). The molecule has 0 heterocycles. The van der Waals surface area contributed by atoms with Gasteiger partial charge in [-0.05, 0) is 37.0 Å². The Balaban J connectivity index is 1.98. The molecule has 126 valence electrons. The van der Waals surface area contributed by atoms with Gasteiger partial charge in [-0.2, -0.15) is 5.10 Å². The summed E-state index contributed by atoms with van der Waals surface area (Å²) in [6, 6.07) is 15.8. The van der Waals surface area contributed by atoms with Crippen molar-refractivity contribution in [2.75, 3.05) is 6.61 Å². The van der Waals surface area contributed by atoms with E-state index in [0.29, 0.717) is 0 Å². The number of nitrogens with one attached hydrogen (secondary N) is 1. The minimum atomic E-state index is -0.262. The number of benzene rings is 2. The monoisotopic (exact) mass is 324 g/mol. The lowest BCUT2D eigenvalue weighted by molar-refractivity contribution is -0.123. The van der Waals surface area contributed by atoms with Crippen LogP contribution in [-0.4, -0.2) is 18.2 Å². The van der Waals surface area contributed by atoms with Crippen LogP contribution in [0.25, 0.3) is 0 Å². The highest BCUT2D eigenvalue weighted by Gasteiger charge is 2.08. The molecule has 0 unspecified atom stereocenters. The fourth-order valence-electron chi connectivity index (χ4n) is 2.46. The molecule has 0 aliphatic carbocycles. The lowest BCUT2D eigenvalue weighted by atomic mass is 10.1. The summed E-state index contributed by atoms with van der Waals surface area (Å²) in [6.45, 7) is 5.97. The molecule has 24 heavy (non-hydrogen) atoms. The first-order valence-corrected chi connectivity index (χ1v) is 8.21. The van der Waals surface area contributed by atoms with Gasteiger partial charge in [-0.3, -0.25) is 4.79 Å². The van der Waals surface area contributed by atoms with E-state index < -0.39 is 0 Å². The first-order chi connectivity index (χ1) is 11.6. The van der Waals surface area contributed by atoms with Gasteiger partial charge in [-0.15, -0.1) is 0 Å². The van der Waals surface area contributed by atoms with Gasteiger partial charge in [0.05, 0.1) is 5.71 Å². The van der Waals surface area contributed by atoms with Gasteiger partial charge in [-0.25, -0.2) is 5.43 Å². The second-order valence-electron chi connectivity index (χ2n) is 5.72. The highest BCUT2D eigenvalue weighted by Crippen LogP contribution is 2.21. The van der Waals surface area contributed by atoms with E-state index in [2.05, 4.69) is 17.5 Å². The van der Waals surface area contributed by atoms with E-state index >= 15 is 0 Å². The molecule has 1 amide bonds. The number of hydrazone groups is 1. The van der Waals surface area contributed by atoms with Crippen LogP contribution in [0.3, 0.4) is 0 Å². The van der Waals surface area contributed by atoms with Gasteiger partial charge in [0.1, 0.15) is 5.75 Å². The van der Waals surface area contributed by atoms with Crippen molar-refractivity contribution in [2.45, 2.75) is 33.6 Å². The first kappa shape index (κ1) is 17.7. The molecule has 0 bridgehead atoms. The van der Waals surface area contributed by atoms with E-state index in [4.69, 9.17) is 4.74 Å². The van der Waals surface area contributed by atoms with Crippen LogP contribution in [0.2, 0.25) is 0 Å². The first-order valence-electron chi connectivity index (χ1n) is 8.21. The van der Waals surface area contributed by atoms with E-state index in [1.807, 2.05) is 62.4 Å². The van der Waals surface area contributed by atoms with Crippen molar-refractivity contribution in [1.82, 2.24) is 5.43 Å². The number of rotatable bonds is 7. The minimum Gasteiger partial charge on any atom is -0.483 e. The predicted molar refractivity (Wildman–Crippen MR) is 97.4 cm³/mol. The highest BCUT2D eigenvalue weighted by molar-refractivity contribution is 6.01. The van der Waals surface area contributed by atoms with Crippen molar-refractivity contribution in [3.8, 4) is 5.75 Å². The zero-order valence-corrected chi connectivity index (χ0v) is 14.5. The van der Waals surface area contributed by atoms with Crippen molar-refractivity contribution >= 4 is 11.6 Å². The fourth-order valence-corrected chi connectivity index (χ4v) is 2.46. The normalized spacial score (nSPS) is 11.2. The molecule has 0 aliphatic heterocycles. The van der Waals surface area contributed by atoms with Gasteiger partial charge < -0.3 is 4.74 Å². The highest BCUT2D eigenvalue weighted by atomic mass is 16.5. The molecule has 4 heteroatoms. The Morgan fingerprint density at radius 1 is 1.04 bits per heavy atom. The number of ether oxygens (including phenoxy) is 1. The van der Waals surface area contributed by atoms with Crippen LogP contribution in [-0.2, 0) is 4.79 Å². The summed E-state index contributed by atoms with van der Waals surface area (Å²) in [4.78, 5) is 12.0. The second-order valence-corrected chi connectivity index (χ2v) is 5.72. The Labute approximate surface area is 143 Å². The number of hydrogen-bond acceptors (Lipinski definition) is 3. The third-order valence-electron chi connectivity index (χ3n) is 3.67. The molecule has 0 spiro atoms. The molecule has 2 aromatic carbocycles. The molecule has 0 saturated carbocycles. The van der Waals surface area contributed by atoms with E-state index in [0.717, 1.165) is 41.0 Å². The average molecular weight is 324 g/mol. The number of amides is 1. The zero-order chi connectivity index (χ0) is 17.4. The molecule has 0 aromatic heterocycles. The molecule has 0 radical (unpaired) electrons. The summed E-state index contributed by atoms with van der Waals surface area (Å²) in [7, 11) is 0. The second kappa shape index (κ2) is 8.87. The number of nitrogens with zero attached hydrogens (tertiary/aromatic N) is 1. The Morgan fingerprint density at radius 3 is 2.33 bits per heavy atom. The maximum atomic E-state index is 12.0. The maximum absolute atomic E-state index is 12.0. The van der Waals surface area contributed by atoms with Gasteiger partial charge in [0.15, 0.2) is 6.61 Å². The van der Waals surface area contributed by atoms with E-state index in [9.17, 15) is 4.79 Å². The van der Waals surface area contributed by atoms with Gasteiger partial charge in [-0.1, -0.05) is 61.9 Å². The largest absolute Gasteiger partial charge is 0.483 e. The number of hydrogen-bond donors (Lipinski definition) is 1. The summed E-state index contributed by atoms with van der Waals surface area (Å²) < 4.78 is 5.65. The predicted octanol–water partition coefficient (Wildman–Crippen LogP) is 4.00. The zero-order valence-electron chi connectivity index (χ0n) is 14.5. The molecule has 2 aromatic rings. The number of carbonyl (C=O) groups excluding carboxylic acids is 1. The van der Waals surface area contributed by atoms with Crippen LogP contribution in [0.15, 0.2) is 53.6 Å². The molecule has 4 nitrogen and oxygen atoms in total. The Bertz CT molecular complexity index is 689. The minimum absolute atomic E-state index is 0.0522. The topological polar surface area (TPSA) is 50.7 Å². The molecular formula is C20H24N2O2. The average Bonchev–Trinajstić information content (AvgIpc) is 2.59. The number of carbonyl (C=O) groups is 1. The van der Waals surface area contributed by atoms with Gasteiger partial charge in [0.2, 0.25) is 0 Å². The van der Waals surface area contributed by atoms with Crippen molar-refractivity contribution in [1.29, 1.82) is 0 Å². The van der Waals surface area contributed by atoms with Crippen LogP contribution < -0.4 is 10.2 Å². The van der Waals surface area contributed by atoms with Crippen molar-refractivity contribution in [2.24, 2.45) is 5.10 Å². The molecule has 0 fully saturated rings. The molecular weight excluding hydrogens is 300 g/mol. The molecule has 0 aliphatic rings. The van der Waals surface area contributed by atoms with Crippen LogP contribution in [0.4, 0.5) is 0 Å². The van der Waals surface area contributed by atoms with E-state index in [1.54, 1.807) is 0 Å². The third kappa shape index (κ3) is 4.95. The molecule has 0 atom stereocenters. The van der Waals surface area contributed by atoms with E-state index in [-0.39, 0.29) is 12.5 Å². The summed E-state index contributed by atoms with van der Waals surface area (Å²) in [6.07, 6.45) is 1.77. The number of aryl methyl sites for hydroxylation is 2. The quantitative estimate of drug-likeness (QED) is 0.618. The SMILES string of the molecule is CCCC(=NNC(=O)COc1c(C)cccc1C)c1ccccc1. The van der Waals surface area contributed by atoms with Gasteiger partial charge in [0.25, 0.3) is 5.91 Å². The third-order valence-corrected chi connectivity index (χ3v) is 3.67. The molecule has 1 N–H and O–H groups in total. The fraction of sp³-hybridized carbons (Fsp3) is 0.300.